The minimum atomic E-state index is -0.421. The average molecular weight is 274 g/mol. The molecule has 0 aliphatic heterocycles. The number of benzene rings is 1. The fourth-order valence-corrected chi connectivity index (χ4v) is 1.72. The largest absolute Gasteiger partial charge is 0.393 e. The molecule has 0 spiro atoms. The summed E-state index contributed by atoms with van der Waals surface area (Å²) < 4.78 is 12.8. The lowest BCUT2D eigenvalue weighted by atomic mass is 10.1. The third-order valence-electron chi connectivity index (χ3n) is 2.64. The number of nitrogens with one attached hydrogen (secondary N) is 1. The first-order valence-electron chi connectivity index (χ1n) is 5.91. The second kappa shape index (κ2) is 7.34. The van der Waals surface area contributed by atoms with Crippen molar-refractivity contribution in [3.05, 3.63) is 34.6 Å². The molecule has 1 aromatic carbocycles. The topological polar surface area (TPSA) is 49.3 Å². The summed E-state index contributed by atoms with van der Waals surface area (Å²) in [6.45, 7) is 2.30. The van der Waals surface area contributed by atoms with Crippen molar-refractivity contribution >= 4 is 17.5 Å². The Bertz CT molecular complexity index is 412. The quantitative estimate of drug-likeness (QED) is 0.836. The van der Waals surface area contributed by atoms with Crippen LogP contribution in [0.5, 0.6) is 0 Å². The van der Waals surface area contributed by atoms with Gasteiger partial charge in [-0.2, -0.15) is 0 Å². The molecule has 0 heterocycles. The molecule has 0 aliphatic carbocycles. The number of carbonyl (C=O) groups excluding carboxylic acids is 1. The van der Waals surface area contributed by atoms with E-state index in [-0.39, 0.29) is 23.5 Å². The molecule has 0 radical (unpaired) electrons. The smallest absolute Gasteiger partial charge is 0.224 e. The van der Waals surface area contributed by atoms with Gasteiger partial charge in [-0.05, 0) is 30.5 Å². The Hall–Kier alpha value is -1.13. The van der Waals surface area contributed by atoms with Gasteiger partial charge in [0.05, 0.1) is 12.5 Å². The lowest BCUT2D eigenvalue weighted by Crippen LogP contribution is -2.28. The highest BCUT2D eigenvalue weighted by Gasteiger charge is 2.08. The van der Waals surface area contributed by atoms with Gasteiger partial charge in [-0.3, -0.25) is 4.79 Å². The standard InChI is InChI=1S/C13H17ClFNO2/c1-2-11(17)5-6-16-13(18)7-9-3-4-10(15)8-12(9)14/h3-4,8,11,17H,2,5-7H2,1H3,(H,16,18). The molecule has 2 N–H and O–H groups in total. The summed E-state index contributed by atoms with van der Waals surface area (Å²) in [5, 5.41) is 12.3. The third kappa shape index (κ3) is 5.02. The van der Waals surface area contributed by atoms with Gasteiger partial charge in [0.1, 0.15) is 5.82 Å². The monoisotopic (exact) mass is 273 g/mol. The molecule has 100 valence electrons. The van der Waals surface area contributed by atoms with Crippen LogP contribution in [-0.4, -0.2) is 23.7 Å². The Morgan fingerprint density at radius 3 is 2.89 bits per heavy atom. The van der Waals surface area contributed by atoms with E-state index >= 15 is 0 Å². The van der Waals surface area contributed by atoms with E-state index in [0.29, 0.717) is 24.9 Å². The summed E-state index contributed by atoms with van der Waals surface area (Å²) in [5.74, 6) is -0.609. The van der Waals surface area contributed by atoms with E-state index in [2.05, 4.69) is 5.32 Å². The zero-order chi connectivity index (χ0) is 13.5. The number of amides is 1. The van der Waals surface area contributed by atoms with Gasteiger partial charge in [0.2, 0.25) is 5.91 Å². The number of hydrogen-bond donors (Lipinski definition) is 2. The lowest BCUT2D eigenvalue weighted by Gasteiger charge is -2.09. The van der Waals surface area contributed by atoms with Crippen LogP contribution in [0.15, 0.2) is 18.2 Å². The molecule has 1 amide bonds. The van der Waals surface area contributed by atoms with Crippen LogP contribution in [0, 0.1) is 5.82 Å². The summed E-state index contributed by atoms with van der Waals surface area (Å²) >= 11 is 5.82. The van der Waals surface area contributed by atoms with E-state index in [1.54, 1.807) is 0 Å². The molecular weight excluding hydrogens is 257 g/mol. The molecule has 1 atom stereocenters. The molecule has 0 fully saturated rings. The van der Waals surface area contributed by atoms with Gasteiger partial charge in [-0.25, -0.2) is 4.39 Å². The first-order valence-corrected chi connectivity index (χ1v) is 6.29. The molecule has 18 heavy (non-hydrogen) atoms. The average Bonchev–Trinajstić information content (AvgIpc) is 2.32. The van der Waals surface area contributed by atoms with Gasteiger partial charge in [0, 0.05) is 11.6 Å². The summed E-state index contributed by atoms with van der Waals surface area (Å²) in [6.07, 6.45) is 0.917. The van der Waals surface area contributed by atoms with Gasteiger partial charge in [0.25, 0.3) is 0 Å². The number of aliphatic hydroxyl groups excluding tert-OH is 1. The number of halogens is 2. The number of carbonyl (C=O) groups is 1. The summed E-state index contributed by atoms with van der Waals surface area (Å²) in [6, 6.07) is 3.96. The van der Waals surface area contributed by atoms with Crippen LogP contribution in [-0.2, 0) is 11.2 Å². The van der Waals surface area contributed by atoms with Crippen LogP contribution in [0.1, 0.15) is 25.3 Å². The Morgan fingerprint density at radius 2 is 2.28 bits per heavy atom. The van der Waals surface area contributed by atoms with Crippen molar-refractivity contribution in [1.29, 1.82) is 0 Å². The van der Waals surface area contributed by atoms with Crippen molar-refractivity contribution in [2.45, 2.75) is 32.3 Å². The van der Waals surface area contributed by atoms with Crippen molar-refractivity contribution in [3.8, 4) is 0 Å². The lowest BCUT2D eigenvalue weighted by molar-refractivity contribution is -0.120. The van der Waals surface area contributed by atoms with E-state index in [4.69, 9.17) is 11.6 Å². The van der Waals surface area contributed by atoms with Crippen LogP contribution in [0.3, 0.4) is 0 Å². The minimum absolute atomic E-state index is 0.112. The van der Waals surface area contributed by atoms with Crippen molar-refractivity contribution in [1.82, 2.24) is 5.32 Å². The first kappa shape index (κ1) is 14.9. The normalized spacial score (nSPS) is 12.2. The minimum Gasteiger partial charge on any atom is -0.393 e. The predicted octanol–water partition coefficient (Wildman–Crippen LogP) is 2.30. The Morgan fingerprint density at radius 1 is 1.56 bits per heavy atom. The zero-order valence-electron chi connectivity index (χ0n) is 10.2. The second-order valence-corrected chi connectivity index (χ2v) is 4.52. The van der Waals surface area contributed by atoms with Gasteiger partial charge in [-0.1, -0.05) is 24.6 Å². The molecule has 0 saturated carbocycles. The van der Waals surface area contributed by atoms with Gasteiger partial charge >= 0.3 is 0 Å². The van der Waals surface area contributed by atoms with E-state index in [1.165, 1.54) is 18.2 Å². The van der Waals surface area contributed by atoms with E-state index in [0.717, 1.165) is 0 Å². The molecule has 0 aromatic heterocycles. The molecule has 1 aromatic rings. The maximum absolute atomic E-state index is 12.8. The maximum atomic E-state index is 12.8. The Labute approximate surface area is 111 Å². The van der Waals surface area contributed by atoms with Crippen LogP contribution in [0.2, 0.25) is 5.02 Å². The van der Waals surface area contributed by atoms with Gasteiger partial charge < -0.3 is 10.4 Å². The first-order chi connectivity index (χ1) is 8.52. The van der Waals surface area contributed by atoms with Crippen LogP contribution in [0.25, 0.3) is 0 Å². The SMILES string of the molecule is CCC(O)CCNC(=O)Cc1ccc(F)cc1Cl. The molecule has 0 aliphatic rings. The molecule has 0 bridgehead atoms. The second-order valence-electron chi connectivity index (χ2n) is 4.11. The van der Waals surface area contributed by atoms with E-state index < -0.39 is 5.82 Å². The van der Waals surface area contributed by atoms with Crippen LogP contribution < -0.4 is 5.32 Å². The summed E-state index contributed by atoms with van der Waals surface area (Å²) in [7, 11) is 0. The molecule has 3 nitrogen and oxygen atoms in total. The molecule has 0 saturated heterocycles. The predicted molar refractivity (Wildman–Crippen MR) is 69.0 cm³/mol. The highest BCUT2D eigenvalue weighted by Crippen LogP contribution is 2.17. The number of hydrogen-bond acceptors (Lipinski definition) is 2. The fraction of sp³-hybridized carbons (Fsp3) is 0.462. The Kier molecular flexibility index (Phi) is 6.09. The fourth-order valence-electron chi connectivity index (χ4n) is 1.48. The highest BCUT2D eigenvalue weighted by molar-refractivity contribution is 6.31. The number of aliphatic hydroxyl groups is 1. The van der Waals surface area contributed by atoms with Crippen molar-refractivity contribution < 1.29 is 14.3 Å². The molecule has 1 rings (SSSR count). The van der Waals surface area contributed by atoms with Gasteiger partial charge in [0.15, 0.2) is 0 Å². The van der Waals surface area contributed by atoms with Crippen LogP contribution in [0.4, 0.5) is 4.39 Å². The Balaban J connectivity index is 2.40. The van der Waals surface area contributed by atoms with Crippen molar-refractivity contribution in [2.75, 3.05) is 6.54 Å². The molecule has 5 heteroatoms. The number of rotatable bonds is 6. The molecule has 1 unspecified atom stereocenters. The van der Waals surface area contributed by atoms with E-state index in [9.17, 15) is 14.3 Å². The van der Waals surface area contributed by atoms with Crippen molar-refractivity contribution in [2.24, 2.45) is 0 Å². The summed E-state index contributed by atoms with van der Waals surface area (Å²) in [4.78, 5) is 11.6. The van der Waals surface area contributed by atoms with Gasteiger partial charge in [-0.15, -0.1) is 0 Å². The van der Waals surface area contributed by atoms with Crippen LogP contribution >= 0.6 is 11.6 Å². The molecular formula is C13H17ClFNO2. The zero-order valence-corrected chi connectivity index (χ0v) is 11.0. The highest BCUT2D eigenvalue weighted by atomic mass is 35.5. The third-order valence-corrected chi connectivity index (χ3v) is 2.99. The maximum Gasteiger partial charge on any atom is 0.224 e. The summed E-state index contributed by atoms with van der Waals surface area (Å²) in [5.41, 5.74) is 0.589. The van der Waals surface area contributed by atoms with Crippen molar-refractivity contribution in [3.63, 3.8) is 0 Å². The van der Waals surface area contributed by atoms with E-state index in [1.807, 2.05) is 6.92 Å².